The van der Waals surface area contributed by atoms with Gasteiger partial charge < -0.3 is 15.8 Å². The smallest absolute Gasteiger partial charge is 0.318 e. The maximum Gasteiger partial charge on any atom is 0.318 e. The molecule has 1 rings (SSSR count). The number of aromatic nitrogens is 2. The molecule has 0 saturated carbocycles. The van der Waals surface area contributed by atoms with Crippen LogP contribution in [-0.4, -0.2) is 29.7 Å². The van der Waals surface area contributed by atoms with Crippen LogP contribution in [0.3, 0.4) is 0 Å². The number of halogens is 1. The summed E-state index contributed by atoms with van der Waals surface area (Å²) in [5.74, 6) is 0.538. The summed E-state index contributed by atoms with van der Waals surface area (Å²) in [7, 11) is 1.50. The van der Waals surface area contributed by atoms with Crippen molar-refractivity contribution >= 4 is 17.4 Å². The van der Waals surface area contributed by atoms with Crippen LogP contribution in [-0.2, 0) is 0 Å². The Morgan fingerprint density at radius 1 is 1.71 bits per heavy atom. The molecule has 0 spiro atoms. The van der Waals surface area contributed by atoms with Gasteiger partial charge in [0.2, 0.25) is 0 Å². The minimum absolute atomic E-state index is 0.104. The molecule has 0 amide bonds. The number of hydrogen-bond donors (Lipinski definition) is 2. The number of hydrogen-bond acceptors (Lipinski definition) is 5. The van der Waals surface area contributed by atoms with Crippen molar-refractivity contribution in [3.8, 4) is 6.01 Å². The summed E-state index contributed by atoms with van der Waals surface area (Å²) in [6.45, 7) is 2.44. The summed E-state index contributed by atoms with van der Waals surface area (Å²) < 4.78 is 4.87. The molecule has 5 nitrogen and oxygen atoms in total. The Morgan fingerprint density at radius 3 is 3.00 bits per heavy atom. The largest absolute Gasteiger partial charge is 0.467 e. The Labute approximate surface area is 87.6 Å². The number of methoxy groups -OCH3 is 1. The van der Waals surface area contributed by atoms with Crippen LogP contribution in [0, 0.1) is 0 Å². The fourth-order valence-corrected chi connectivity index (χ4v) is 0.988. The van der Waals surface area contributed by atoms with Crippen molar-refractivity contribution in [1.29, 1.82) is 0 Å². The van der Waals surface area contributed by atoms with Crippen molar-refractivity contribution in [2.45, 2.75) is 13.0 Å². The van der Waals surface area contributed by atoms with Crippen molar-refractivity contribution in [3.63, 3.8) is 0 Å². The third-order valence-electron chi connectivity index (χ3n) is 1.64. The molecule has 0 bridgehead atoms. The zero-order chi connectivity index (χ0) is 10.6. The highest BCUT2D eigenvalue weighted by Crippen LogP contribution is 2.20. The van der Waals surface area contributed by atoms with E-state index in [1.165, 1.54) is 13.3 Å². The molecule has 0 radical (unpaired) electrons. The highest BCUT2D eigenvalue weighted by atomic mass is 35.5. The van der Waals surface area contributed by atoms with E-state index in [0.717, 1.165) is 0 Å². The van der Waals surface area contributed by atoms with Crippen LogP contribution in [0.1, 0.15) is 6.92 Å². The van der Waals surface area contributed by atoms with Crippen molar-refractivity contribution in [2.24, 2.45) is 5.73 Å². The minimum Gasteiger partial charge on any atom is -0.467 e. The monoisotopic (exact) mass is 216 g/mol. The summed E-state index contributed by atoms with van der Waals surface area (Å²) in [6.07, 6.45) is 1.49. The molecule has 0 aromatic carbocycles. The highest BCUT2D eigenvalue weighted by molar-refractivity contribution is 6.32. The van der Waals surface area contributed by atoms with Crippen molar-refractivity contribution in [1.82, 2.24) is 9.97 Å². The van der Waals surface area contributed by atoms with E-state index in [9.17, 15) is 0 Å². The predicted molar refractivity (Wildman–Crippen MR) is 55.7 cm³/mol. The van der Waals surface area contributed by atoms with Crippen LogP contribution in [0.4, 0.5) is 5.82 Å². The molecule has 0 fully saturated rings. The number of nitrogens with two attached hydrogens (primary N) is 1. The molecule has 1 heterocycles. The van der Waals surface area contributed by atoms with Crippen LogP contribution in [0.5, 0.6) is 6.01 Å². The summed E-state index contributed by atoms with van der Waals surface area (Å²) in [5.41, 5.74) is 5.46. The molecule has 1 unspecified atom stereocenters. The molecule has 0 aliphatic carbocycles. The van der Waals surface area contributed by atoms with Gasteiger partial charge in [-0.25, -0.2) is 4.98 Å². The van der Waals surface area contributed by atoms with Crippen molar-refractivity contribution in [2.75, 3.05) is 19.0 Å². The van der Waals surface area contributed by atoms with Crippen molar-refractivity contribution in [3.05, 3.63) is 11.2 Å². The van der Waals surface area contributed by atoms with Gasteiger partial charge in [0.1, 0.15) is 5.02 Å². The van der Waals surface area contributed by atoms with Gasteiger partial charge >= 0.3 is 6.01 Å². The van der Waals surface area contributed by atoms with E-state index in [4.69, 9.17) is 22.1 Å². The average Bonchev–Trinajstić information content (AvgIpc) is 2.21. The maximum absolute atomic E-state index is 5.87. The summed E-state index contributed by atoms with van der Waals surface area (Å²) in [4.78, 5) is 7.90. The van der Waals surface area contributed by atoms with Crippen LogP contribution in [0.2, 0.25) is 5.02 Å². The van der Waals surface area contributed by atoms with E-state index in [-0.39, 0.29) is 12.1 Å². The van der Waals surface area contributed by atoms with Gasteiger partial charge in [0, 0.05) is 12.6 Å². The van der Waals surface area contributed by atoms with Gasteiger partial charge in [-0.2, -0.15) is 4.98 Å². The molecule has 0 aliphatic rings. The van der Waals surface area contributed by atoms with Crippen LogP contribution in [0.25, 0.3) is 0 Å². The van der Waals surface area contributed by atoms with Gasteiger partial charge in [-0.1, -0.05) is 11.6 Å². The quantitative estimate of drug-likeness (QED) is 0.782. The second kappa shape index (κ2) is 4.97. The number of rotatable bonds is 4. The fraction of sp³-hybridized carbons (Fsp3) is 0.500. The van der Waals surface area contributed by atoms with Gasteiger partial charge in [0.05, 0.1) is 13.3 Å². The highest BCUT2D eigenvalue weighted by Gasteiger charge is 2.07. The van der Waals surface area contributed by atoms with Crippen LogP contribution < -0.4 is 15.8 Å². The van der Waals surface area contributed by atoms with E-state index in [1.54, 1.807) is 0 Å². The normalized spacial score (nSPS) is 12.3. The van der Waals surface area contributed by atoms with Gasteiger partial charge in [-0.05, 0) is 6.92 Å². The Balaban J connectivity index is 2.83. The summed E-state index contributed by atoms with van der Waals surface area (Å²) in [6, 6.07) is 0.383. The van der Waals surface area contributed by atoms with E-state index in [0.29, 0.717) is 17.4 Å². The molecule has 0 aliphatic heterocycles. The van der Waals surface area contributed by atoms with Gasteiger partial charge in [0.25, 0.3) is 0 Å². The molecule has 14 heavy (non-hydrogen) atoms. The first-order chi connectivity index (χ1) is 6.67. The third-order valence-corrected chi connectivity index (χ3v) is 1.92. The minimum atomic E-state index is 0.104. The number of anilines is 1. The maximum atomic E-state index is 5.87. The lowest BCUT2D eigenvalue weighted by Gasteiger charge is -2.13. The lowest BCUT2D eigenvalue weighted by Crippen LogP contribution is -2.25. The molecular weight excluding hydrogens is 204 g/mol. The molecule has 1 aromatic rings. The van der Waals surface area contributed by atoms with Crippen molar-refractivity contribution < 1.29 is 4.74 Å². The lowest BCUT2D eigenvalue weighted by atomic mass is 10.3. The predicted octanol–water partition coefficient (Wildman–Crippen LogP) is 0.898. The van der Waals surface area contributed by atoms with Crippen LogP contribution >= 0.6 is 11.6 Å². The molecule has 78 valence electrons. The molecule has 1 aromatic heterocycles. The van der Waals surface area contributed by atoms with E-state index in [2.05, 4.69) is 15.3 Å². The SMILES string of the molecule is COc1ncc(Cl)c(NC(C)CN)n1. The zero-order valence-electron chi connectivity index (χ0n) is 8.12. The second-order valence-corrected chi connectivity index (χ2v) is 3.24. The first kappa shape index (κ1) is 11.0. The molecule has 0 saturated heterocycles. The number of ether oxygens (including phenoxy) is 1. The van der Waals surface area contributed by atoms with Crippen LogP contribution in [0.15, 0.2) is 6.20 Å². The van der Waals surface area contributed by atoms with E-state index < -0.39 is 0 Å². The zero-order valence-corrected chi connectivity index (χ0v) is 8.88. The molecule has 6 heteroatoms. The Bertz CT molecular complexity index is 307. The molecular formula is C8H13ClN4O. The number of nitrogens with one attached hydrogen (secondary N) is 1. The Morgan fingerprint density at radius 2 is 2.43 bits per heavy atom. The van der Waals surface area contributed by atoms with Gasteiger partial charge in [-0.3, -0.25) is 0 Å². The summed E-state index contributed by atoms with van der Waals surface area (Å²) >= 11 is 5.87. The lowest BCUT2D eigenvalue weighted by molar-refractivity contribution is 0.380. The number of nitrogens with zero attached hydrogens (tertiary/aromatic N) is 2. The van der Waals surface area contributed by atoms with E-state index >= 15 is 0 Å². The molecule has 3 N–H and O–H groups in total. The van der Waals surface area contributed by atoms with Gasteiger partial charge in [0.15, 0.2) is 5.82 Å². The third kappa shape index (κ3) is 2.71. The second-order valence-electron chi connectivity index (χ2n) is 2.83. The first-order valence-electron chi connectivity index (χ1n) is 4.20. The van der Waals surface area contributed by atoms with Gasteiger partial charge in [-0.15, -0.1) is 0 Å². The van der Waals surface area contributed by atoms with E-state index in [1.807, 2.05) is 6.92 Å². The first-order valence-corrected chi connectivity index (χ1v) is 4.58. The Hall–Kier alpha value is -1.07. The fourth-order valence-electron chi connectivity index (χ4n) is 0.843. The standard InChI is InChI=1S/C8H13ClN4O/c1-5(3-10)12-7-6(9)4-11-8(13-7)14-2/h4-5H,3,10H2,1-2H3,(H,11,12,13). The Kier molecular flexibility index (Phi) is 3.91. The average molecular weight is 217 g/mol. The topological polar surface area (TPSA) is 73.1 Å². The summed E-state index contributed by atoms with van der Waals surface area (Å²) in [5, 5.41) is 3.50. The molecule has 1 atom stereocenters.